The van der Waals surface area contributed by atoms with Crippen LogP contribution in [0.3, 0.4) is 0 Å². The molecule has 1 N–H and O–H groups in total. The molecule has 5 nitrogen and oxygen atoms in total. The first kappa shape index (κ1) is 14.6. The summed E-state index contributed by atoms with van der Waals surface area (Å²) in [6.45, 7) is 6.47. The predicted molar refractivity (Wildman–Crippen MR) is 79.9 cm³/mol. The summed E-state index contributed by atoms with van der Waals surface area (Å²) in [5.74, 6) is 0.544. The first-order chi connectivity index (χ1) is 10.2. The topological polar surface area (TPSA) is 58.2 Å². The van der Waals surface area contributed by atoms with E-state index in [1.54, 1.807) is 0 Å². The highest BCUT2D eigenvalue weighted by Crippen LogP contribution is 2.36. The summed E-state index contributed by atoms with van der Waals surface area (Å²) < 4.78 is 5.26. The smallest absolute Gasteiger partial charge is 0.310 e. The van der Waals surface area contributed by atoms with Gasteiger partial charge >= 0.3 is 5.97 Å². The fraction of sp³-hybridized carbons (Fsp3) is 0.750. The van der Waals surface area contributed by atoms with Gasteiger partial charge in [-0.05, 0) is 50.6 Å². The largest absolute Gasteiger partial charge is 0.466 e. The number of hydrogen-bond donors (Lipinski definition) is 1. The molecule has 2 aliphatic rings. The van der Waals surface area contributed by atoms with E-state index in [1.807, 2.05) is 13.1 Å². The van der Waals surface area contributed by atoms with Crippen molar-refractivity contribution in [3.63, 3.8) is 0 Å². The molecule has 1 aromatic heterocycles. The standard InChI is InChI=1S/C16H25N3O2/c1-3-5-19-10-13(16(20)21-4-2)6-11-7-14-12(8-15(11)19)9-17-18-14/h9,11,13,15H,3-8,10H2,1-2H3,(H,17,18)/t11-,13-,15?/m1/s1. The number of nitrogens with zero attached hydrogens (tertiary/aromatic N) is 2. The number of likely N-dealkylation sites (tertiary alicyclic amines) is 1. The van der Waals surface area contributed by atoms with E-state index in [0.717, 1.165) is 38.8 Å². The van der Waals surface area contributed by atoms with E-state index in [0.29, 0.717) is 18.6 Å². The minimum absolute atomic E-state index is 0.0209. The lowest BCUT2D eigenvalue weighted by Crippen LogP contribution is -2.53. The molecule has 0 spiro atoms. The number of H-pyrrole nitrogens is 1. The van der Waals surface area contributed by atoms with Crippen LogP contribution in [0.4, 0.5) is 0 Å². The van der Waals surface area contributed by atoms with Crippen LogP contribution in [0.5, 0.6) is 0 Å². The number of ether oxygens (including phenoxy) is 1. The lowest BCUT2D eigenvalue weighted by Gasteiger charge is -2.46. The summed E-state index contributed by atoms with van der Waals surface area (Å²) in [6, 6.07) is 0.556. The van der Waals surface area contributed by atoms with Gasteiger partial charge in [-0.3, -0.25) is 14.8 Å². The molecular weight excluding hydrogens is 266 g/mol. The zero-order valence-electron chi connectivity index (χ0n) is 13.0. The van der Waals surface area contributed by atoms with Crippen LogP contribution in [0.1, 0.15) is 37.9 Å². The average molecular weight is 291 g/mol. The fourth-order valence-corrected chi connectivity index (χ4v) is 3.98. The average Bonchev–Trinajstić information content (AvgIpc) is 2.92. The van der Waals surface area contributed by atoms with Crippen molar-refractivity contribution < 1.29 is 9.53 Å². The summed E-state index contributed by atoms with van der Waals surface area (Å²) in [5.41, 5.74) is 2.61. The highest BCUT2D eigenvalue weighted by molar-refractivity contribution is 5.73. The molecule has 1 aliphatic carbocycles. The lowest BCUT2D eigenvalue weighted by molar-refractivity contribution is -0.152. The van der Waals surface area contributed by atoms with Gasteiger partial charge in [-0.15, -0.1) is 0 Å². The highest BCUT2D eigenvalue weighted by atomic mass is 16.5. The molecule has 1 unspecified atom stereocenters. The molecule has 2 heterocycles. The van der Waals surface area contributed by atoms with Crippen LogP contribution in [-0.4, -0.2) is 46.8 Å². The zero-order valence-corrected chi connectivity index (χ0v) is 13.0. The molecule has 1 aromatic rings. The van der Waals surface area contributed by atoms with Crippen LogP contribution in [0.2, 0.25) is 0 Å². The molecule has 1 aliphatic heterocycles. The van der Waals surface area contributed by atoms with E-state index < -0.39 is 0 Å². The molecule has 0 amide bonds. The van der Waals surface area contributed by atoms with Crippen LogP contribution in [-0.2, 0) is 22.4 Å². The number of piperidine rings is 1. The van der Waals surface area contributed by atoms with Crippen LogP contribution < -0.4 is 0 Å². The Morgan fingerprint density at radius 3 is 3.10 bits per heavy atom. The Morgan fingerprint density at radius 2 is 2.33 bits per heavy atom. The first-order valence-corrected chi connectivity index (χ1v) is 8.14. The van der Waals surface area contributed by atoms with Crippen molar-refractivity contribution in [1.29, 1.82) is 0 Å². The van der Waals surface area contributed by atoms with Crippen molar-refractivity contribution in [1.82, 2.24) is 15.1 Å². The van der Waals surface area contributed by atoms with Gasteiger partial charge in [-0.2, -0.15) is 5.10 Å². The monoisotopic (exact) mass is 291 g/mol. The number of aromatic nitrogens is 2. The second kappa shape index (κ2) is 6.18. The summed E-state index contributed by atoms with van der Waals surface area (Å²) in [6.07, 6.45) is 6.11. The number of esters is 1. The van der Waals surface area contributed by atoms with Gasteiger partial charge in [0.15, 0.2) is 0 Å². The van der Waals surface area contributed by atoms with E-state index in [-0.39, 0.29) is 11.9 Å². The summed E-state index contributed by atoms with van der Waals surface area (Å²) in [5, 5.41) is 7.30. The van der Waals surface area contributed by atoms with Gasteiger partial charge < -0.3 is 4.74 Å². The van der Waals surface area contributed by atoms with Crippen molar-refractivity contribution in [3.05, 3.63) is 17.5 Å². The van der Waals surface area contributed by atoms with Gasteiger partial charge in [0.1, 0.15) is 0 Å². The lowest BCUT2D eigenvalue weighted by atomic mass is 9.74. The number of fused-ring (bicyclic) bond motifs is 2. The second-order valence-corrected chi connectivity index (χ2v) is 6.29. The van der Waals surface area contributed by atoms with Gasteiger partial charge in [0, 0.05) is 18.3 Å². The van der Waals surface area contributed by atoms with Crippen molar-refractivity contribution in [3.8, 4) is 0 Å². The van der Waals surface area contributed by atoms with Crippen molar-refractivity contribution in [2.45, 2.75) is 45.6 Å². The van der Waals surface area contributed by atoms with Gasteiger partial charge in [-0.1, -0.05) is 6.92 Å². The van der Waals surface area contributed by atoms with Crippen molar-refractivity contribution in [2.24, 2.45) is 11.8 Å². The van der Waals surface area contributed by atoms with E-state index in [9.17, 15) is 4.79 Å². The summed E-state index contributed by atoms with van der Waals surface area (Å²) in [4.78, 5) is 14.7. The van der Waals surface area contributed by atoms with Gasteiger partial charge in [0.05, 0.1) is 18.7 Å². The Balaban J connectivity index is 1.78. The quantitative estimate of drug-likeness (QED) is 0.859. The van der Waals surface area contributed by atoms with E-state index >= 15 is 0 Å². The molecule has 0 saturated carbocycles. The normalized spacial score (nSPS) is 28.8. The number of carbonyl (C=O) groups excluding carboxylic acids is 1. The molecular formula is C16H25N3O2. The Morgan fingerprint density at radius 1 is 1.48 bits per heavy atom. The molecule has 3 rings (SSSR count). The van der Waals surface area contributed by atoms with Crippen LogP contribution in [0.15, 0.2) is 6.20 Å². The molecule has 0 aromatic carbocycles. The maximum atomic E-state index is 12.1. The maximum Gasteiger partial charge on any atom is 0.310 e. The third-order valence-corrected chi connectivity index (χ3v) is 4.89. The van der Waals surface area contributed by atoms with Crippen LogP contribution in [0.25, 0.3) is 0 Å². The Labute approximate surface area is 126 Å². The number of hydrogen-bond acceptors (Lipinski definition) is 4. The number of carbonyl (C=O) groups is 1. The van der Waals surface area contributed by atoms with E-state index in [4.69, 9.17) is 4.74 Å². The number of rotatable bonds is 4. The molecule has 0 radical (unpaired) electrons. The molecule has 116 valence electrons. The SMILES string of the molecule is CCCN1C[C@H](C(=O)OCC)C[C@@H]2Cc3[nH]ncc3CC21. The second-order valence-electron chi connectivity index (χ2n) is 6.29. The van der Waals surface area contributed by atoms with Gasteiger partial charge in [0.25, 0.3) is 0 Å². The minimum atomic E-state index is -0.0209. The van der Waals surface area contributed by atoms with E-state index in [2.05, 4.69) is 22.0 Å². The highest BCUT2D eigenvalue weighted by Gasteiger charge is 2.41. The Bertz CT molecular complexity index is 499. The van der Waals surface area contributed by atoms with Crippen LogP contribution >= 0.6 is 0 Å². The maximum absolute atomic E-state index is 12.1. The summed E-state index contributed by atoms with van der Waals surface area (Å²) >= 11 is 0. The Hall–Kier alpha value is -1.36. The van der Waals surface area contributed by atoms with E-state index in [1.165, 1.54) is 11.3 Å². The number of aromatic amines is 1. The fourth-order valence-electron chi connectivity index (χ4n) is 3.98. The number of nitrogens with one attached hydrogen (secondary N) is 1. The summed E-state index contributed by atoms with van der Waals surface area (Å²) in [7, 11) is 0. The predicted octanol–water partition coefficient (Wildman–Crippen LogP) is 1.79. The zero-order chi connectivity index (χ0) is 14.8. The Kier molecular flexibility index (Phi) is 4.29. The molecule has 3 atom stereocenters. The molecule has 1 saturated heterocycles. The molecule has 5 heteroatoms. The van der Waals surface area contributed by atoms with Gasteiger partial charge in [0.2, 0.25) is 0 Å². The van der Waals surface area contributed by atoms with Gasteiger partial charge in [-0.25, -0.2) is 0 Å². The molecule has 0 bridgehead atoms. The van der Waals surface area contributed by atoms with Crippen LogP contribution in [0, 0.1) is 11.8 Å². The van der Waals surface area contributed by atoms with Crippen molar-refractivity contribution in [2.75, 3.05) is 19.7 Å². The minimum Gasteiger partial charge on any atom is -0.466 e. The molecule has 1 fully saturated rings. The van der Waals surface area contributed by atoms with Crippen molar-refractivity contribution >= 4 is 5.97 Å². The molecule has 21 heavy (non-hydrogen) atoms. The third kappa shape index (κ3) is 2.84. The third-order valence-electron chi connectivity index (χ3n) is 4.89. The first-order valence-electron chi connectivity index (χ1n) is 8.14.